The van der Waals surface area contributed by atoms with Crippen LogP contribution in [0.5, 0.6) is 0 Å². The van der Waals surface area contributed by atoms with E-state index in [2.05, 4.69) is 0 Å². The highest BCUT2D eigenvalue weighted by Crippen LogP contribution is 2.13. The molecule has 0 bridgehead atoms. The summed E-state index contributed by atoms with van der Waals surface area (Å²) in [5, 5.41) is 8.73. The summed E-state index contributed by atoms with van der Waals surface area (Å²) in [6, 6.07) is -1.35. The van der Waals surface area contributed by atoms with Crippen LogP contribution in [0, 0.1) is 0 Å². The Morgan fingerprint density at radius 1 is 1.45 bits per heavy atom. The molecular formula is C12H21N3O5. The lowest BCUT2D eigenvalue weighted by molar-refractivity contribution is -0.137. The minimum atomic E-state index is -0.975. The molecule has 0 radical (unpaired) electrons. The van der Waals surface area contributed by atoms with E-state index in [1.807, 2.05) is 0 Å². The summed E-state index contributed by atoms with van der Waals surface area (Å²) in [6.45, 7) is 4.35. The summed E-state index contributed by atoms with van der Waals surface area (Å²) in [6.07, 6.45) is -0.143. The standard InChI is InChI=1S/C12H21N3O5/c1-8(2)14(4-3-10(16)17)12(19)15-5-6-20-7-9(15)11(13)18/h8-9H,3-7H2,1-2H3,(H2,13,18)(H,16,17). The lowest BCUT2D eigenvalue weighted by Gasteiger charge is -2.38. The fourth-order valence-corrected chi connectivity index (χ4v) is 2.02. The van der Waals surface area contributed by atoms with Gasteiger partial charge in [0.1, 0.15) is 6.04 Å². The van der Waals surface area contributed by atoms with E-state index in [0.29, 0.717) is 6.61 Å². The molecule has 1 unspecified atom stereocenters. The lowest BCUT2D eigenvalue weighted by Crippen LogP contribution is -2.59. The molecule has 114 valence electrons. The lowest BCUT2D eigenvalue weighted by atomic mass is 10.2. The second-order valence-corrected chi connectivity index (χ2v) is 4.90. The summed E-state index contributed by atoms with van der Waals surface area (Å²) in [7, 11) is 0. The van der Waals surface area contributed by atoms with Crippen LogP contribution in [0.3, 0.4) is 0 Å². The molecule has 8 heteroatoms. The highest BCUT2D eigenvalue weighted by atomic mass is 16.5. The Hall–Kier alpha value is -1.83. The maximum absolute atomic E-state index is 12.5. The summed E-state index contributed by atoms with van der Waals surface area (Å²) in [5.74, 6) is -1.60. The predicted molar refractivity (Wildman–Crippen MR) is 70.0 cm³/mol. The molecule has 0 spiro atoms. The van der Waals surface area contributed by atoms with Crippen molar-refractivity contribution in [1.82, 2.24) is 9.80 Å². The number of nitrogens with zero attached hydrogens (tertiary/aromatic N) is 2. The van der Waals surface area contributed by atoms with Crippen LogP contribution < -0.4 is 5.73 Å². The van der Waals surface area contributed by atoms with Crippen molar-refractivity contribution >= 4 is 17.9 Å². The molecule has 1 atom stereocenters. The number of aliphatic carboxylic acids is 1. The zero-order valence-electron chi connectivity index (χ0n) is 11.7. The Morgan fingerprint density at radius 3 is 2.60 bits per heavy atom. The quantitative estimate of drug-likeness (QED) is 0.706. The highest BCUT2D eigenvalue weighted by Gasteiger charge is 2.34. The van der Waals surface area contributed by atoms with Crippen molar-refractivity contribution in [3.05, 3.63) is 0 Å². The third-order valence-electron chi connectivity index (χ3n) is 3.14. The number of ether oxygens (including phenoxy) is 1. The third-order valence-corrected chi connectivity index (χ3v) is 3.14. The molecule has 20 heavy (non-hydrogen) atoms. The summed E-state index contributed by atoms with van der Waals surface area (Å²) < 4.78 is 5.15. The number of primary amides is 1. The zero-order valence-corrected chi connectivity index (χ0v) is 11.7. The van der Waals surface area contributed by atoms with Crippen molar-refractivity contribution in [2.45, 2.75) is 32.4 Å². The minimum absolute atomic E-state index is 0.0753. The van der Waals surface area contributed by atoms with Gasteiger partial charge in [-0.2, -0.15) is 0 Å². The molecule has 0 aromatic heterocycles. The van der Waals surface area contributed by atoms with Gasteiger partial charge in [0, 0.05) is 19.1 Å². The van der Waals surface area contributed by atoms with E-state index in [1.165, 1.54) is 9.80 Å². The number of nitrogens with two attached hydrogens (primary N) is 1. The number of hydrogen-bond acceptors (Lipinski definition) is 4. The Balaban J connectivity index is 2.80. The topological polar surface area (TPSA) is 113 Å². The molecular weight excluding hydrogens is 266 g/mol. The molecule has 1 aliphatic rings. The van der Waals surface area contributed by atoms with E-state index in [1.54, 1.807) is 13.8 Å². The van der Waals surface area contributed by atoms with Gasteiger partial charge in [0.25, 0.3) is 0 Å². The van der Waals surface area contributed by atoms with Gasteiger partial charge in [-0.15, -0.1) is 0 Å². The molecule has 1 rings (SSSR count). The molecule has 0 aromatic rings. The first kappa shape index (κ1) is 16.2. The number of hydrogen-bond donors (Lipinski definition) is 2. The van der Waals surface area contributed by atoms with Crippen molar-refractivity contribution in [2.24, 2.45) is 5.73 Å². The Bertz CT molecular complexity index is 385. The van der Waals surface area contributed by atoms with Crippen molar-refractivity contribution in [3.8, 4) is 0 Å². The predicted octanol–water partition coefficient (Wildman–Crippen LogP) is -0.522. The van der Waals surface area contributed by atoms with E-state index in [-0.39, 0.29) is 38.2 Å². The van der Waals surface area contributed by atoms with E-state index >= 15 is 0 Å². The molecule has 1 saturated heterocycles. The number of amides is 3. The molecule has 1 fully saturated rings. The van der Waals surface area contributed by atoms with E-state index in [0.717, 1.165) is 0 Å². The van der Waals surface area contributed by atoms with Gasteiger partial charge >= 0.3 is 12.0 Å². The van der Waals surface area contributed by atoms with Crippen molar-refractivity contribution in [3.63, 3.8) is 0 Å². The summed E-state index contributed by atoms with van der Waals surface area (Å²) in [4.78, 5) is 37.3. The van der Waals surface area contributed by atoms with Crippen molar-refractivity contribution < 1.29 is 24.2 Å². The number of urea groups is 1. The Morgan fingerprint density at radius 2 is 2.10 bits per heavy atom. The largest absolute Gasteiger partial charge is 0.481 e. The number of morpholine rings is 1. The first-order valence-corrected chi connectivity index (χ1v) is 6.50. The Kier molecular flexibility index (Phi) is 5.75. The molecule has 0 aromatic carbocycles. The zero-order chi connectivity index (χ0) is 15.3. The smallest absolute Gasteiger partial charge is 0.321 e. The SMILES string of the molecule is CC(C)N(CCC(=O)O)C(=O)N1CCOCC1C(N)=O. The summed E-state index contributed by atoms with van der Waals surface area (Å²) in [5.41, 5.74) is 5.27. The van der Waals surface area contributed by atoms with Gasteiger partial charge in [-0.05, 0) is 13.8 Å². The van der Waals surface area contributed by atoms with Crippen LogP contribution >= 0.6 is 0 Å². The van der Waals surface area contributed by atoms with Gasteiger partial charge in [-0.25, -0.2) is 4.79 Å². The first-order chi connectivity index (χ1) is 9.34. The van der Waals surface area contributed by atoms with Gasteiger partial charge in [0.05, 0.1) is 19.6 Å². The van der Waals surface area contributed by atoms with Crippen molar-refractivity contribution in [1.29, 1.82) is 0 Å². The molecule has 1 aliphatic heterocycles. The van der Waals surface area contributed by atoms with Crippen LogP contribution in [0.4, 0.5) is 4.79 Å². The van der Waals surface area contributed by atoms with Gasteiger partial charge in [-0.1, -0.05) is 0 Å². The normalized spacial score (nSPS) is 18.9. The highest BCUT2D eigenvalue weighted by molar-refractivity contribution is 5.86. The maximum atomic E-state index is 12.5. The second-order valence-electron chi connectivity index (χ2n) is 4.90. The molecule has 0 aliphatic carbocycles. The van der Waals surface area contributed by atoms with Gasteiger partial charge < -0.3 is 25.4 Å². The number of rotatable bonds is 5. The van der Waals surface area contributed by atoms with Gasteiger partial charge in [0.15, 0.2) is 0 Å². The van der Waals surface area contributed by atoms with Crippen LogP contribution in [-0.2, 0) is 14.3 Å². The number of carboxylic acids is 1. The minimum Gasteiger partial charge on any atom is -0.481 e. The average molecular weight is 287 g/mol. The molecule has 1 heterocycles. The summed E-state index contributed by atoms with van der Waals surface area (Å²) >= 11 is 0. The van der Waals surface area contributed by atoms with Gasteiger partial charge in [-0.3, -0.25) is 9.59 Å². The van der Waals surface area contributed by atoms with Crippen LogP contribution in [-0.4, -0.2) is 71.2 Å². The molecule has 0 saturated carbocycles. The van der Waals surface area contributed by atoms with E-state index < -0.39 is 17.9 Å². The average Bonchev–Trinajstić information content (AvgIpc) is 2.37. The van der Waals surface area contributed by atoms with Crippen molar-refractivity contribution in [2.75, 3.05) is 26.3 Å². The fourth-order valence-electron chi connectivity index (χ4n) is 2.02. The molecule has 3 N–H and O–H groups in total. The molecule has 3 amide bonds. The van der Waals surface area contributed by atoms with Crippen LogP contribution in [0.25, 0.3) is 0 Å². The fraction of sp³-hybridized carbons (Fsp3) is 0.750. The van der Waals surface area contributed by atoms with Gasteiger partial charge in [0.2, 0.25) is 5.91 Å². The Labute approximate surface area is 117 Å². The number of carbonyl (C=O) groups is 3. The van der Waals surface area contributed by atoms with E-state index in [4.69, 9.17) is 15.6 Å². The van der Waals surface area contributed by atoms with Crippen LogP contribution in [0.1, 0.15) is 20.3 Å². The number of carbonyl (C=O) groups excluding carboxylic acids is 2. The van der Waals surface area contributed by atoms with E-state index in [9.17, 15) is 14.4 Å². The van der Waals surface area contributed by atoms with Crippen LogP contribution in [0.15, 0.2) is 0 Å². The maximum Gasteiger partial charge on any atom is 0.321 e. The molecule has 8 nitrogen and oxygen atoms in total. The monoisotopic (exact) mass is 287 g/mol. The number of carboxylic acid groups (broad SMARTS) is 1. The first-order valence-electron chi connectivity index (χ1n) is 6.50. The van der Waals surface area contributed by atoms with Crippen LogP contribution in [0.2, 0.25) is 0 Å². The second kappa shape index (κ2) is 7.09. The third kappa shape index (κ3) is 4.09.